The maximum atomic E-state index is 12.1. The van der Waals surface area contributed by atoms with Gasteiger partial charge in [0.1, 0.15) is 6.10 Å². The van der Waals surface area contributed by atoms with E-state index in [1.54, 1.807) is 12.1 Å². The first-order valence-corrected chi connectivity index (χ1v) is 6.14. The van der Waals surface area contributed by atoms with Crippen LogP contribution in [-0.2, 0) is 4.74 Å². The summed E-state index contributed by atoms with van der Waals surface area (Å²) in [6, 6.07) is 16.6. The summed E-state index contributed by atoms with van der Waals surface area (Å²) in [6.45, 7) is 0. The summed E-state index contributed by atoms with van der Waals surface area (Å²) in [5, 5.41) is 0.661. The van der Waals surface area contributed by atoms with Crippen molar-refractivity contribution in [2.75, 3.05) is 0 Å². The van der Waals surface area contributed by atoms with Crippen LogP contribution in [0, 0.1) is 0 Å². The van der Waals surface area contributed by atoms with Crippen LogP contribution >= 0.6 is 11.6 Å². The molecule has 0 aromatic heterocycles. The smallest absolute Gasteiger partial charge is 0.194 e. The van der Waals surface area contributed by atoms with E-state index in [0.29, 0.717) is 10.6 Å². The van der Waals surface area contributed by atoms with Crippen LogP contribution < -0.4 is 0 Å². The third kappa shape index (κ3) is 2.17. The Balaban J connectivity index is 1.77. The lowest BCUT2D eigenvalue weighted by Crippen LogP contribution is -2.07. The lowest BCUT2D eigenvalue weighted by atomic mass is 10.0. The molecule has 0 saturated carbocycles. The van der Waals surface area contributed by atoms with Crippen LogP contribution in [0.25, 0.3) is 0 Å². The Kier molecular flexibility index (Phi) is 2.90. The molecular weight excluding hydrogens is 248 g/mol. The van der Waals surface area contributed by atoms with Crippen molar-refractivity contribution in [2.24, 2.45) is 0 Å². The molecule has 1 fully saturated rings. The predicted octanol–water partition coefficient (Wildman–Crippen LogP) is 3.66. The van der Waals surface area contributed by atoms with E-state index in [9.17, 15) is 4.79 Å². The number of halogens is 1. The van der Waals surface area contributed by atoms with Crippen molar-refractivity contribution in [1.82, 2.24) is 0 Å². The predicted molar refractivity (Wildman–Crippen MR) is 69.8 cm³/mol. The van der Waals surface area contributed by atoms with Gasteiger partial charge >= 0.3 is 0 Å². The second-order valence-corrected chi connectivity index (χ2v) is 4.70. The van der Waals surface area contributed by atoms with Gasteiger partial charge in [-0.1, -0.05) is 54.1 Å². The molecule has 0 bridgehead atoms. The van der Waals surface area contributed by atoms with Crippen molar-refractivity contribution < 1.29 is 9.53 Å². The first-order chi connectivity index (χ1) is 8.75. The Hall–Kier alpha value is -1.64. The minimum Gasteiger partial charge on any atom is -0.356 e. The third-order valence-electron chi connectivity index (χ3n) is 2.99. The summed E-state index contributed by atoms with van der Waals surface area (Å²) in [5.41, 5.74) is 1.64. The summed E-state index contributed by atoms with van der Waals surface area (Å²) in [4.78, 5) is 12.1. The van der Waals surface area contributed by atoms with Gasteiger partial charge in [-0.2, -0.15) is 0 Å². The number of rotatable bonds is 3. The van der Waals surface area contributed by atoms with Crippen molar-refractivity contribution in [3.05, 3.63) is 70.7 Å². The first-order valence-electron chi connectivity index (χ1n) is 5.76. The van der Waals surface area contributed by atoms with E-state index in [-0.39, 0.29) is 18.0 Å². The monoisotopic (exact) mass is 258 g/mol. The summed E-state index contributed by atoms with van der Waals surface area (Å²) in [7, 11) is 0. The van der Waals surface area contributed by atoms with Gasteiger partial charge in [-0.05, 0) is 17.7 Å². The first kappa shape index (κ1) is 11.5. The zero-order chi connectivity index (χ0) is 12.5. The van der Waals surface area contributed by atoms with Crippen molar-refractivity contribution in [1.29, 1.82) is 0 Å². The molecule has 90 valence electrons. The van der Waals surface area contributed by atoms with Gasteiger partial charge in [-0.15, -0.1) is 0 Å². The van der Waals surface area contributed by atoms with Crippen LogP contribution in [0.5, 0.6) is 0 Å². The van der Waals surface area contributed by atoms with E-state index < -0.39 is 0 Å². The molecule has 0 N–H and O–H groups in total. The number of ether oxygens (including phenoxy) is 1. The minimum absolute atomic E-state index is 0.0283. The zero-order valence-electron chi connectivity index (χ0n) is 9.55. The topological polar surface area (TPSA) is 29.6 Å². The molecule has 18 heavy (non-hydrogen) atoms. The maximum Gasteiger partial charge on any atom is 0.194 e. The molecule has 2 aromatic carbocycles. The van der Waals surface area contributed by atoms with E-state index >= 15 is 0 Å². The van der Waals surface area contributed by atoms with Crippen LogP contribution in [-0.4, -0.2) is 11.9 Å². The molecule has 3 heteroatoms. The maximum absolute atomic E-state index is 12.1. The molecule has 3 rings (SSSR count). The van der Waals surface area contributed by atoms with Gasteiger partial charge in [0.2, 0.25) is 0 Å². The molecule has 1 aliphatic heterocycles. The Morgan fingerprint density at radius 2 is 1.83 bits per heavy atom. The van der Waals surface area contributed by atoms with Gasteiger partial charge in [0.25, 0.3) is 0 Å². The molecule has 2 aromatic rings. The number of hydrogen-bond acceptors (Lipinski definition) is 2. The van der Waals surface area contributed by atoms with E-state index in [1.807, 2.05) is 42.5 Å². The number of carbonyl (C=O) groups is 1. The normalized spacial score (nSPS) is 21.6. The van der Waals surface area contributed by atoms with Gasteiger partial charge < -0.3 is 4.74 Å². The highest BCUT2D eigenvalue weighted by Gasteiger charge is 2.46. The standard InChI is InChI=1S/C15H11ClO2/c16-12-8-4-7-11(9-12)14-15(18-14)13(17)10-5-2-1-3-6-10/h1-9,14-15H/t14-,15-/m0/s1. The molecular formula is C15H11ClO2. The van der Waals surface area contributed by atoms with E-state index in [4.69, 9.17) is 16.3 Å². The number of Topliss-reactive ketones (excluding diaryl/α,β-unsaturated/α-hetero) is 1. The lowest BCUT2D eigenvalue weighted by molar-refractivity contribution is 0.0953. The lowest BCUT2D eigenvalue weighted by Gasteiger charge is -1.98. The molecule has 1 aliphatic rings. The minimum atomic E-state index is -0.370. The van der Waals surface area contributed by atoms with Gasteiger partial charge in [-0.25, -0.2) is 0 Å². The molecule has 0 radical (unpaired) electrons. The Labute approximate surface area is 110 Å². The fourth-order valence-corrected chi connectivity index (χ4v) is 2.21. The largest absolute Gasteiger partial charge is 0.356 e. The quantitative estimate of drug-likeness (QED) is 0.621. The molecule has 0 unspecified atom stereocenters. The average Bonchev–Trinajstić information content (AvgIpc) is 3.19. The number of benzene rings is 2. The van der Waals surface area contributed by atoms with E-state index in [1.165, 1.54) is 0 Å². The van der Waals surface area contributed by atoms with Crippen LogP contribution in [0.1, 0.15) is 22.0 Å². The van der Waals surface area contributed by atoms with E-state index in [2.05, 4.69) is 0 Å². The van der Waals surface area contributed by atoms with E-state index in [0.717, 1.165) is 5.56 Å². The summed E-state index contributed by atoms with van der Waals surface area (Å²) >= 11 is 5.92. The number of carbonyl (C=O) groups excluding carboxylic acids is 1. The zero-order valence-corrected chi connectivity index (χ0v) is 10.3. The fraction of sp³-hybridized carbons (Fsp3) is 0.133. The van der Waals surface area contributed by atoms with Crippen LogP contribution in [0.15, 0.2) is 54.6 Å². The number of hydrogen-bond donors (Lipinski definition) is 0. The van der Waals surface area contributed by atoms with Gasteiger partial charge in [-0.3, -0.25) is 4.79 Å². The highest BCUT2D eigenvalue weighted by Crippen LogP contribution is 2.41. The second kappa shape index (κ2) is 4.56. The molecule has 1 heterocycles. The average molecular weight is 259 g/mol. The third-order valence-corrected chi connectivity index (χ3v) is 3.22. The van der Waals surface area contributed by atoms with Crippen LogP contribution in [0.3, 0.4) is 0 Å². The van der Waals surface area contributed by atoms with Gasteiger partial charge in [0.05, 0.1) is 0 Å². The summed E-state index contributed by atoms with van der Waals surface area (Å²) < 4.78 is 5.47. The molecule has 0 amide bonds. The van der Waals surface area contributed by atoms with Gasteiger partial charge in [0, 0.05) is 10.6 Å². The Morgan fingerprint density at radius 3 is 2.56 bits per heavy atom. The van der Waals surface area contributed by atoms with Crippen LogP contribution in [0.4, 0.5) is 0 Å². The van der Waals surface area contributed by atoms with Crippen molar-refractivity contribution >= 4 is 17.4 Å². The number of epoxide rings is 1. The van der Waals surface area contributed by atoms with Crippen molar-refractivity contribution in [2.45, 2.75) is 12.2 Å². The fourth-order valence-electron chi connectivity index (χ4n) is 2.02. The Bertz CT molecular complexity index is 580. The summed E-state index contributed by atoms with van der Waals surface area (Å²) in [6.07, 6.45) is -0.526. The highest BCUT2D eigenvalue weighted by atomic mass is 35.5. The molecule has 1 saturated heterocycles. The molecule has 2 nitrogen and oxygen atoms in total. The SMILES string of the molecule is O=C(c1ccccc1)[C@@H]1O[C@H]1c1cccc(Cl)c1. The molecule has 0 spiro atoms. The molecule has 0 aliphatic carbocycles. The second-order valence-electron chi connectivity index (χ2n) is 4.26. The van der Waals surface area contributed by atoms with Crippen molar-refractivity contribution in [3.63, 3.8) is 0 Å². The Morgan fingerprint density at radius 1 is 1.06 bits per heavy atom. The van der Waals surface area contributed by atoms with Gasteiger partial charge in [0.15, 0.2) is 11.9 Å². The van der Waals surface area contributed by atoms with Crippen molar-refractivity contribution in [3.8, 4) is 0 Å². The molecule has 2 atom stereocenters. The number of ketones is 1. The summed E-state index contributed by atoms with van der Waals surface area (Å²) in [5.74, 6) is 0.0283. The highest BCUT2D eigenvalue weighted by molar-refractivity contribution is 6.30. The van der Waals surface area contributed by atoms with Crippen LogP contribution in [0.2, 0.25) is 5.02 Å².